The Balaban J connectivity index is 1.89. The Hall–Kier alpha value is -2.16. The number of thiophene rings is 1. The summed E-state index contributed by atoms with van der Waals surface area (Å²) in [6.45, 7) is 2.04. The molecule has 3 aromatic rings. The molecular weight excluding hydrogens is 460 g/mol. The van der Waals surface area contributed by atoms with E-state index in [-0.39, 0.29) is 9.77 Å². The number of hydrogen-bond acceptors (Lipinski definition) is 4. The molecule has 1 amide bonds. The van der Waals surface area contributed by atoms with Gasteiger partial charge in [0.05, 0.1) is 5.69 Å². The van der Waals surface area contributed by atoms with Crippen molar-refractivity contribution in [2.45, 2.75) is 18.2 Å². The van der Waals surface area contributed by atoms with E-state index in [4.69, 9.17) is 0 Å². The maximum atomic E-state index is 13.1. The summed E-state index contributed by atoms with van der Waals surface area (Å²) < 4.78 is 28.3. The normalized spacial score (nSPS) is 11.2. The highest BCUT2D eigenvalue weighted by Crippen LogP contribution is 2.29. The van der Waals surface area contributed by atoms with Crippen LogP contribution in [0.1, 0.15) is 22.2 Å². The molecule has 0 atom stereocenters. The third kappa shape index (κ3) is 4.29. The van der Waals surface area contributed by atoms with E-state index in [1.807, 2.05) is 25.1 Å². The largest absolute Gasteiger partial charge is 0.321 e. The van der Waals surface area contributed by atoms with E-state index >= 15 is 0 Å². The van der Waals surface area contributed by atoms with Crippen LogP contribution >= 0.6 is 27.3 Å². The zero-order valence-corrected chi connectivity index (χ0v) is 18.6. The van der Waals surface area contributed by atoms with Gasteiger partial charge in [-0.2, -0.15) is 0 Å². The molecule has 0 aliphatic rings. The predicted molar refractivity (Wildman–Crippen MR) is 118 cm³/mol. The van der Waals surface area contributed by atoms with E-state index in [9.17, 15) is 13.2 Å². The molecule has 2 aromatic carbocycles. The van der Waals surface area contributed by atoms with Crippen LogP contribution in [0.4, 0.5) is 11.4 Å². The van der Waals surface area contributed by atoms with Crippen LogP contribution in [0.5, 0.6) is 0 Å². The Morgan fingerprint density at radius 2 is 1.86 bits per heavy atom. The second kappa shape index (κ2) is 8.46. The van der Waals surface area contributed by atoms with Gasteiger partial charge < -0.3 is 5.32 Å². The molecule has 8 heteroatoms. The number of hydrogen-bond donors (Lipinski definition) is 1. The van der Waals surface area contributed by atoms with Crippen molar-refractivity contribution in [3.05, 3.63) is 74.9 Å². The highest BCUT2D eigenvalue weighted by Gasteiger charge is 2.28. The summed E-state index contributed by atoms with van der Waals surface area (Å²) in [5, 5.41) is 4.36. The van der Waals surface area contributed by atoms with Gasteiger partial charge in [0, 0.05) is 17.2 Å². The van der Waals surface area contributed by atoms with Gasteiger partial charge in [-0.05, 0) is 53.8 Å². The SMILES string of the molecule is CCc1ccc(N(C)S(=O)(=O)c2ccsc2C(=O)Nc2cccc(Br)c2)cc1. The summed E-state index contributed by atoms with van der Waals surface area (Å²) in [5.41, 5.74) is 2.25. The Morgan fingerprint density at radius 3 is 2.50 bits per heavy atom. The van der Waals surface area contributed by atoms with Crippen molar-refractivity contribution in [1.29, 1.82) is 0 Å². The summed E-state index contributed by atoms with van der Waals surface area (Å²) in [6.07, 6.45) is 0.876. The minimum Gasteiger partial charge on any atom is -0.321 e. The van der Waals surface area contributed by atoms with Crippen molar-refractivity contribution >= 4 is 54.6 Å². The first-order chi connectivity index (χ1) is 13.3. The highest BCUT2D eigenvalue weighted by molar-refractivity contribution is 9.10. The lowest BCUT2D eigenvalue weighted by molar-refractivity contribution is 0.102. The molecule has 1 aromatic heterocycles. The summed E-state index contributed by atoms with van der Waals surface area (Å²) >= 11 is 4.45. The number of benzene rings is 2. The standard InChI is InChI=1S/C20H19BrN2O3S2/c1-3-14-7-9-17(10-8-14)23(2)28(25,26)18-11-12-27-19(18)20(24)22-16-6-4-5-15(21)13-16/h4-13H,3H2,1-2H3,(H,22,24). The van der Waals surface area contributed by atoms with Gasteiger partial charge in [0.2, 0.25) is 0 Å². The smallest absolute Gasteiger partial charge is 0.267 e. The van der Waals surface area contributed by atoms with Crippen LogP contribution in [0, 0.1) is 0 Å². The minimum atomic E-state index is -3.87. The zero-order valence-electron chi connectivity index (χ0n) is 15.3. The number of nitrogens with one attached hydrogen (secondary N) is 1. The Labute approximate surface area is 177 Å². The molecule has 0 radical (unpaired) electrons. The number of sulfonamides is 1. The third-order valence-corrected chi connectivity index (χ3v) is 7.63. The fourth-order valence-electron chi connectivity index (χ4n) is 2.65. The van der Waals surface area contributed by atoms with Crippen LogP contribution in [0.3, 0.4) is 0 Å². The third-order valence-electron chi connectivity index (χ3n) is 4.26. The second-order valence-corrected chi connectivity index (χ2v) is 9.84. The molecule has 0 fully saturated rings. The molecule has 0 aliphatic heterocycles. The first kappa shape index (κ1) is 20.6. The van der Waals surface area contributed by atoms with Gasteiger partial charge in [-0.3, -0.25) is 9.10 Å². The van der Waals surface area contributed by atoms with Crippen molar-refractivity contribution in [3.63, 3.8) is 0 Å². The molecular formula is C20H19BrN2O3S2. The monoisotopic (exact) mass is 478 g/mol. The van der Waals surface area contributed by atoms with Crippen LogP contribution in [-0.4, -0.2) is 21.4 Å². The van der Waals surface area contributed by atoms with Gasteiger partial charge in [-0.15, -0.1) is 11.3 Å². The first-order valence-electron chi connectivity index (χ1n) is 8.55. The van der Waals surface area contributed by atoms with Gasteiger partial charge in [0.1, 0.15) is 9.77 Å². The molecule has 5 nitrogen and oxygen atoms in total. The van der Waals surface area contributed by atoms with E-state index in [0.29, 0.717) is 11.4 Å². The Kier molecular flexibility index (Phi) is 6.22. The van der Waals surface area contributed by atoms with Gasteiger partial charge in [-0.25, -0.2) is 8.42 Å². The number of amides is 1. The first-order valence-corrected chi connectivity index (χ1v) is 11.7. The molecule has 146 valence electrons. The van der Waals surface area contributed by atoms with Crippen LogP contribution in [0.25, 0.3) is 0 Å². The van der Waals surface area contributed by atoms with Crippen LogP contribution in [0.15, 0.2) is 69.3 Å². The molecule has 0 unspecified atom stereocenters. The van der Waals surface area contributed by atoms with E-state index < -0.39 is 15.9 Å². The van der Waals surface area contributed by atoms with Gasteiger partial charge in [0.25, 0.3) is 15.9 Å². The molecule has 0 saturated carbocycles. The molecule has 0 aliphatic carbocycles. The van der Waals surface area contributed by atoms with Gasteiger partial charge in [0.15, 0.2) is 0 Å². The van der Waals surface area contributed by atoms with Crippen LogP contribution < -0.4 is 9.62 Å². The molecule has 0 saturated heterocycles. The van der Waals surface area contributed by atoms with E-state index in [2.05, 4.69) is 21.2 Å². The lowest BCUT2D eigenvalue weighted by Crippen LogP contribution is -2.28. The summed E-state index contributed by atoms with van der Waals surface area (Å²) in [6, 6.07) is 15.9. The zero-order chi connectivity index (χ0) is 20.3. The van der Waals surface area contributed by atoms with Crippen molar-refractivity contribution in [1.82, 2.24) is 0 Å². The van der Waals surface area contributed by atoms with Crippen molar-refractivity contribution in [2.75, 3.05) is 16.7 Å². The molecule has 1 heterocycles. The summed E-state index contributed by atoms with van der Waals surface area (Å²) in [5.74, 6) is -0.457. The average Bonchev–Trinajstić information content (AvgIpc) is 3.18. The average molecular weight is 479 g/mol. The number of nitrogens with zero attached hydrogens (tertiary/aromatic N) is 1. The van der Waals surface area contributed by atoms with Crippen LogP contribution in [-0.2, 0) is 16.4 Å². The van der Waals surface area contributed by atoms with Gasteiger partial charge in [-0.1, -0.05) is 41.1 Å². The Morgan fingerprint density at radius 1 is 1.14 bits per heavy atom. The minimum absolute atomic E-state index is 0.00735. The second-order valence-electron chi connectivity index (χ2n) is 6.07. The number of rotatable bonds is 6. The lowest BCUT2D eigenvalue weighted by atomic mass is 10.1. The molecule has 3 rings (SSSR count). The fraction of sp³-hybridized carbons (Fsp3) is 0.150. The summed E-state index contributed by atoms with van der Waals surface area (Å²) in [7, 11) is -2.38. The molecule has 0 bridgehead atoms. The van der Waals surface area contributed by atoms with Crippen molar-refractivity contribution in [2.24, 2.45) is 0 Å². The van der Waals surface area contributed by atoms with Crippen LogP contribution in [0.2, 0.25) is 0 Å². The molecule has 28 heavy (non-hydrogen) atoms. The maximum absolute atomic E-state index is 13.1. The topological polar surface area (TPSA) is 66.5 Å². The highest BCUT2D eigenvalue weighted by atomic mass is 79.9. The van der Waals surface area contributed by atoms with Gasteiger partial charge >= 0.3 is 0 Å². The number of carbonyl (C=O) groups is 1. The maximum Gasteiger partial charge on any atom is 0.267 e. The Bertz CT molecular complexity index is 1090. The molecule has 1 N–H and O–H groups in total. The number of anilines is 2. The number of carbonyl (C=O) groups excluding carboxylic acids is 1. The van der Waals surface area contributed by atoms with E-state index in [1.54, 1.807) is 35.7 Å². The fourth-order valence-corrected chi connectivity index (χ4v) is 5.54. The van der Waals surface area contributed by atoms with Crippen molar-refractivity contribution < 1.29 is 13.2 Å². The summed E-state index contributed by atoms with van der Waals surface area (Å²) in [4.78, 5) is 12.8. The molecule has 0 spiro atoms. The number of aryl methyl sites for hydroxylation is 1. The van der Waals surface area contributed by atoms with E-state index in [1.165, 1.54) is 17.4 Å². The lowest BCUT2D eigenvalue weighted by Gasteiger charge is -2.20. The quantitative estimate of drug-likeness (QED) is 0.532. The predicted octanol–water partition coefficient (Wildman–Crippen LogP) is 5.15. The van der Waals surface area contributed by atoms with Crippen molar-refractivity contribution in [3.8, 4) is 0 Å². The number of halogens is 1. The van der Waals surface area contributed by atoms with E-state index in [0.717, 1.165) is 27.8 Å².